The lowest BCUT2D eigenvalue weighted by atomic mass is 10.9. The smallest absolute Gasteiger partial charge is 0.0938 e. The van der Waals surface area contributed by atoms with Gasteiger partial charge in [-0.25, -0.2) is 0 Å². The molecule has 0 aromatic heterocycles. The van der Waals surface area contributed by atoms with Gasteiger partial charge in [0.2, 0.25) is 0 Å². The normalized spacial score (nSPS) is 62.2. The van der Waals surface area contributed by atoms with E-state index < -0.39 is 6.65 Å². The monoisotopic (exact) mass is 156 g/mol. The first-order chi connectivity index (χ1) is 2.66. The first-order valence-corrected chi connectivity index (χ1v) is 7.33. The van der Waals surface area contributed by atoms with E-state index in [1.807, 2.05) is 21.6 Å². The SMILES string of the molecule is CC12S[SH]1(=S)S2. The zero-order valence-electron chi connectivity index (χ0n) is 3.17. The summed E-state index contributed by atoms with van der Waals surface area (Å²) in [7, 11) is 4.03. The minimum absolute atomic E-state index is 0.613. The van der Waals surface area contributed by atoms with Crippen molar-refractivity contribution in [2.24, 2.45) is 0 Å². The van der Waals surface area contributed by atoms with E-state index in [0.29, 0.717) is 3.41 Å². The van der Waals surface area contributed by atoms with E-state index in [2.05, 4.69) is 6.92 Å². The Bertz CT molecular complexity index is 138. The summed E-state index contributed by atoms with van der Waals surface area (Å²) in [5.41, 5.74) is 0. The fourth-order valence-corrected chi connectivity index (χ4v) is 14.7. The van der Waals surface area contributed by atoms with E-state index in [0.717, 1.165) is 0 Å². The van der Waals surface area contributed by atoms with E-state index >= 15 is 0 Å². The van der Waals surface area contributed by atoms with Gasteiger partial charge in [0.1, 0.15) is 3.41 Å². The Morgan fingerprint density at radius 1 is 1.67 bits per heavy atom. The largest absolute Gasteiger partial charge is 0.125 e. The predicted molar refractivity (Wildman–Crippen MR) is 39.7 cm³/mol. The van der Waals surface area contributed by atoms with Crippen molar-refractivity contribution in [1.29, 1.82) is 0 Å². The highest BCUT2D eigenvalue weighted by Gasteiger charge is 2.73. The lowest BCUT2D eigenvalue weighted by molar-refractivity contribution is 1.41. The van der Waals surface area contributed by atoms with Crippen LogP contribution in [-0.2, 0) is 17.8 Å². The number of rotatable bonds is 0. The van der Waals surface area contributed by atoms with Crippen molar-refractivity contribution in [2.75, 3.05) is 0 Å². The second kappa shape index (κ2) is 0.747. The molecule has 0 aromatic rings. The maximum absolute atomic E-state index is 5.16. The molecular weight excluding hydrogens is 152 g/mol. The minimum Gasteiger partial charge on any atom is -0.0938 e. The van der Waals surface area contributed by atoms with E-state index in [1.165, 1.54) is 0 Å². The van der Waals surface area contributed by atoms with Crippen molar-refractivity contribution in [3.05, 3.63) is 0 Å². The van der Waals surface area contributed by atoms with E-state index in [4.69, 9.17) is 11.2 Å². The molecule has 2 saturated heterocycles. The molecule has 0 spiro atoms. The third-order valence-corrected chi connectivity index (χ3v) is 15.8. The summed E-state index contributed by atoms with van der Waals surface area (Å²) >= 11 is 5.16. The van der Waals surface area contributed by atoms with Crippen LogP contribution in [0, 0.1) is 0 Å². The van der Waals surface area contributed by atoms with Crippen LogP contribution in [0.25, 0.3) is 0 Å². The summed E-state index contributed by atoms with van der Waals surface area (Å²) in [5.74, 6) is 0. The van der Waals surface area contributed by atoms with Crippen LogP contribution in [0.2, 0.25) is 0 Å². The van der Waals surface area contributed by atoms with Gasteiger partial charge in [-0.05, 0) is 6.92 Å². The van der Waals surface area contributed by atoms with Crippen molar-refractivity contribution in [3.63, 3.8) is 0 Å². The predicted octanol–water partition coefficient (Wildman–Crippen LogP) is 1.33. The molecule has 36 valence electrons. The quantitative estimate of drug-likeness (QED) is 0.319. The molecule has 2 rings (SSSR count). The van der Waals surface area contributed by atoms with Gasteiger partial charge in [0.05, 0.1) is 0 Å². The molecule has 2 heterocycles. The molecule has 0 nitrogen and oxygen atoms in total. The van der Waals surface area contributed by atoms with Gasteiger partial charge < -0.3 is 0 Å². The molecule has 0 unspecified atom stereocenters. The van der Waals surface area contributed by atoms with Crippen molar-refractivity contribution in [3.8, 4) is 0 Å². The molecule has 0 aliphatic carbocycles. The fourth-order valence-electron chi connectivity index (χ4n) is 0.412. The van der Waals surface area contributed by atoms with Gasteiger partial charge in [-0.1, -0.05) is 39.4 Å². The van der Waals surface area contributed by atoms with Crippen molar-refractivity contribution >= 4 is 39.4 Å². The Hall–Kier alpha value is 1.27. The average Bonchev–Trinajstić information content (AvgIpc) is 1.78. The topological polar surface area (TPSA) is 0 Å². The van der Waals surface area contributed by atoms with Crippen LogP contribution < -0.4 is 0 Å². The first-order valence-electron chi connectivity index (χ1n) is 1.68. The average molecular weight is 156 g/mol. The molecule has 0 radical (unpaired) electrons. The Morgan fingerprint density at radius 3 is 1.83 bits per heavy atom. The number of hydrogen-bond acceptors (Lipinski definition) is 3. The highest BCUT2D eigenvalue weighted by atomic mass is 33.8. The Kier molecular flexibility index (Phi) is 0.520. The molecule has 2 fully saturated rings. The van der Waals surface area contributed by atoms with Crippen LogP contribution in [0.4, 0.5) is 0 Å². The Labute approximate surface area is 49.8 Å². The van der Waals surface area contributed by atoms with Crippen LogP contribution in [0.3, 0.4) is 0 Å². The van der Waals surface area contributed by atoms with Crippen molar-refractivity contribution in [2.45, 2.75) is 10.3 Å². The number of thiol groups is 1. The zero-order valence-corrected chi connectivity index (χ0v) is 6.52. The van der Waals surface area contributed by atoms with Gasteiger partial charge in [-0.2, -0.15) is 0 Å². The van der Waals surface area contributed by atoms with E-state index in [1.54, 1.807) is 0 Å². The van der Waals surface area contributed by atoms with Crippen LogP contribution in [0.15, 0.2) is 0 Å². The van der Waals surface area contributed by atoms with Crippen LogP contribution in [-0.4, -0.2) is 3.41 Å². The second-order valence-corrected chi connectivity index (χ2v) is 14.4. The molecule has 0 amide bonds. The van der Waals surface area contributed by atoms with Crippen LogP contribution >= 0.6 is 21.6 Å². The maximum Gasteiger partial charge on any atom is 0.125 e. The number of fused-ring (bicyclic) bond motifs is 1. The molecule has 6 heavy (non-hydrogen) atoms. The molecule has 0 bridgehead atoms. The van der Waals surface area contributed by atoms with Gasteiger partial charge in [0.25, 0.3) is 0 Å². The first kappa shape index (κ1) is 4.18. The van der Waals surface area contributed by atoms with E-state index in [9.17, 15) is 0 Å². The minimum atomic E-state index is -0.667. The lowest BCUT2D eigenvalue weighted by Gasteiger charge is -1.77. The maximum atomic E-state index is 5.16. The lowest BCUT2D eigenvalue weighted by Crippen LogP contribution is -1.66. The van der Waals surface area contributed by atoms with Crippen LogP contribution in [0.5, 0.6) is 0 Å². The standard InChI is InChI=1S/C2H4S4/c1-2-4-6(2,3)5-2/h6H,1H3. The molecule has 0 N–H and O–H groups in total. The zero-order chi connectivity index (χ0) is 4.41. The summed E-state index contributed by atoms with van der Waals surface area (Å²) < 4.78 is 0.613. The Morgan fingerprint density at radius 2 is 1.83 bits per heavy atom. The van der Waals surface area contributed by atoms with E-state index in [-0.39, 0.29) is 0 Å². The van der Waals surface area contributed by atoms with Gasteiger partial charge in [-0.15, -0.1) is 0 Å². The summed E-state index contributed by atoms with van der Waals surface area (Å²) in [6.45, 7) is 1.59. The van der Waals surface area contributed by atoms with Gasteiger partial charge in [-0.3, -0.25) is 0 Å². The summed E-state index contributed by atoms with van der Waals surface area (Å²) in [5, 5.41) is 0. The number of hydrogen-bond donors (Lipinski definition) is 1. The summed E-state index contributed by atoms with van der Waals surface area (Å²) in [6, 6.07) is 0. The third kappa shape index (κ3) is 0.288. The molecule has 2 aliphatic rings. The Balaban J connectivity index is 2.56. The molecule has 0 aromatic carbocycles. The molecule has 0 saturated carbocycles. The van der Waals surface area contributed by atoms with Crippen molar-refractivity contribution < 1.29 is 0 Å². The molecule has 0 atom stereocenters. The van der Waals surface area contributed by atoms with Crippen molar-refractivity contribution in [1.82, 2.24) is 0 Å². The van der Waals surface area contributed by atoms with Crippen LogP contribution in [0.1, 0.15) is 6.92 Å². The third-order valence-electron chi connectivity index (χ3n) is 1.01. The van der Waals surface area contributed by atoms with Gasteiger partial charge in [0, 0.05) is 0 Å². The highest BCUT2D eigenvalue weighted by molar-refractivity contribution is 9.46. The molecule has 2 aliphatic heterocycles. The summed E-state index contributed by atoms with van der Waals surface area (Å²) in [6.07, 6.45) is 0. The van der Waals surface area contributed by atoms with Gasteiger partial charge >= 0.3 is 0 Å². The molecular formula is C2H4S4. The second-order valence-electron chi connectivity index (χ2n) is 1.58. The highest BCUT2D eigenvalue weighted by Crippen LogP contribution is 2.92. The summed E-state index contributed by atoms with van der Waals surface area (Å²) in [4.78, 5) is 0. The fraction of sp³-hybridized carbons (Fsp3) is 1.00. The molecule has 4 heteroatoms. The van der Waals surface area contributed by atoms with Gasteiger partial charge in [0.15, 0.2) is 0 Å².